The zero-order valence-corrected chi connectivity index (χ0v) is 13.8. The van der Waals surface area contributed by atoms with Crippen molar-refractivity contribution in [1.29, 1.82) is 0 Å². The molecule has 1 aromatic carbocycles. The molecule has 8 heteroatoms. The number of halogens is 3. The highest BCUT2D eigenvalue weighted by atomic mass is 32.2. The molecule has 0 aliphatic carbocycles. The maximum atomic E-state index is 13.1. The minimum Gasteiger partial charge on any atom is -0.491 e. The fraction of sp³-hybridized carbons (Fsp3) is 0.600. The summed E-state index contributed by atoms with van der Waals surface area (Å²) < 4.78 is 70.5. The monoisotopic (exact) mass is 351 g/mol. The Morgan fingerprint density at radius 1 is 1.17 bits per heavy atom. The normalized spacial score (nSPS) is 20.7. The van der Waals surface area contributed by atoms with Crippen LogP contribution in [-0.4, -0.2) is 37.6 Å². The Bertz CT molecular complexity index is 626. The zero-order chi connectivity index (χ0) is 17.3. The zero-order valence-electron chi connectivity index (χ0n) is 13.0. The van der Waals surface area contributed by atoms with E-state index >= 15 is 0 Å². The number of hydrogen-bond donors (Lipinski definition) is 0. The highest BCUT2D eigenvalue weighted by Crippen LogP contribution is 2.35. The molecule has 1 aromatic rings. The number of hydrogen-bond acceptors (Lipinski definition) is 3. The average molecular weight is 351 g/mol. The van der Waals surface area contributed by atoms with Gasteiger partial charge in [0.05, 0.1) is 11.0 Å². The summed E-state index contributed by atoms with van der Waals surface area (Å²) in [5.41, 5.74) is 0. The van der Waals surface area contributed by atoms with E-state index in [0.717, 1.165) is 0 Å². The topological polar surface area (TPSA) is 46.6 Å². The molecule has 1 saturated heterocycles. The summed E-state index contributed by atoms with van der Waals surface area (Å²) in [6, 6.07) is 3.54. The van der Waals surface area contributed by atoms with Gasteiger partial charge in [-0.15, -0.1) is 0 Å². The summed E-state index contributed by atoms with van der Waals surface area (Å²) in [5, 5.41) is 0. The number of rotatable bonds is 4. The fourth-order valence-electron chi connectivity index (χ4n) is 2.62. The molecule has 1 unspecified atom stereocenters. The van der Waals surface area contributed by atoms with Gasteiger partial charge in [-0.05, 0) is 51.0 Å². The third-order valence-electron chi connectivity index (χ3n) is 3.63. The smallest absolute Gasteiger partial charge is 0.405 e. The van der Waals surface area contributed by atoms with E-state index in [1.807, 2.05) is 13.8 Å². The van der Waals surface area contributed by atoms with Gasteiger partial charge in [0.1, 0.15) is 11.8 Å². The van der Waals surface area contributed by atoms with Crippen LogP contribution in [0.2, 0.25) is 0 Å². The second-order valence-corrected chi connectivity index (χ2v) is 7.70. The Morgan fingerprint density at radius 3 is 2.30 bits per heavy atom. The molecule has 1 atom stereocenters. The number of alkyl halides is 3. The lowest BCUT2D eigenvalue weighted by Crippen LogP contribution is -2.51. The summed E-state index contributed by atoms with van der Waals surface area (Å²) in [5.74, 6) is 0.477. The van der Waals surface area contributed by atoms with Crippen LogP contribution in [-0.2, 0) is 10.0 Å². The molecule has 23 heavy (non-hydrogen) atoms. The van der Waals surface area contributed by atoms with Crippen molar-refractivity contribution < 1.29 is 26.3 Å². The van der Waals surface area contributed by atoms with Crippen LogP contribution in [0.15, 0.2) is 29.2 Å². The highest BCUT2D eigenvalue weighted by molar-refractivity contribution is 7.89. The van der Waals surface area contributed by atoms with Crippen molar-refractivity contribution in [1.82, 2.24) is 4.31 Å². The predicted octanol–water partition coefficient (Wildman–Crippen LogP) is 3.58. The second kappa shape index (κ2) is 6.68. The van der Waals surface area contributed by atoms with E-state index < -0.39 is 22.2 Å². The summed E-state index contributed by atoms with van der Waals surface area (Å²) in [6.07, 6.45) is -4.03. The van der Waals surface area contributed by atoms with Gasteiger partial charge in [0.25, 0.3) is 0 Å². The van der Waals surface area contributed by atoms with E-state index in [1.54, 1.807) is 0 Å². The highest BCUT2D eigenvalue weighted by Gasteiger charge is 2.48. The number of sulfonamides is 1. The first kappa shape index (κ1) is 18.1. The Kier molecular flexibility index (Phi) is 5.25. The van der Waals surface area contributed by atoms with Gasteiger partial charge in [0.15, 0.2) is 0 Å². The van der Waals surface area contributed by atoms with Gasteiger partial charge < -0.3 is 4.74 Å². The fourth-order valence-corrected chi connectivity index (χ4v) is 4.30. The maximum Gasteiger partial charge on any atom is 0.405 e. The average Bonchev–Trinajstić information content (AvgIpc) is 2.46. The molecular weight excluding hydrogens is 331 g/mol. The van der Waals surface area contributed by atoms with Crippen LogP contribution >= 0.6 is 0 Å². The molecule has 0 N–H and O–H groups in total. The predicted molar refractivity (Wildman–Crippen MR) is 79.8 cm³/mol. The molecule has 1 aliphatic rings. The van der Waals surface area contributed by atoms with Gasteiger partial charge in [-0.2, -0.15) is 17.5 Å². The SMILES string of the molecule is CC(C)Oc1ccc(S(=O)(=O)N2CCCCC2C(F)(F)F)cc1. The minimum atomic E-state index is -4.56. The first-order valence-electron chi connectivity index (χ1n) is 7.47. The van der Waals surface area contributed by atoms with Gasteiger partial charge >= 0.3 is 6.18 Å². The minimum absolute atomic E-state index is 0.0749. The van der Waals surface area contributed by atoms with Crippen molar-refractivity contribution in [2.75, 3.05) is 6.54 Å². The lowest BCUT2D eigenvalue weighted by molar-refractivity contribution is -0.177. The van der Waals surface area contributed by atoms with Gasteiger partial charge in [-0.3, -0.25) is 0 Å². The second-order valence-electron chi connectivity index (χ2n) is 5.81. The molecule has 0 amide bonds. The van der Waals surface area contributed by atoms with E-state index in [2.05, 4.69) is 0 Å². The molecule has 0 radical (unpaired) electrons. The van der Waals surface area contributed by atoms with Crippen molar-refractivity contribution in [3.05, 3.63) is 24.3 Å². The van der Waals surface area contributed by atoms with Crippen LogP contribution in [0.5, 0.6) is 5.75 Å². The van der Waals surface area contributed by atoms with Crippen LogP contribution in [0.1, 0.15) is 33.1 Å². The van der Waals surface area contributed by atoms with E-state index in [-0.39, 0.29) is 24.0 Å². The molecule has 4 nitrogen and oxygen atoms in total. The first-order chi connectivity index (χ1) is 10.6. The molecule has 0 saturated carbocycles. The molecule has 130 valence electrons. The Hall–Kier alpha value is -1.28. The maximum absolute atomic E-state index is 13.1. The summed E-state index contributed by atoms with van der Waals surface area (Å²) in [4.78, 5) is -0.148. The van der Waals surface area contributed by atoms with Gasteiger partial charge in [0.2, 0.25) is 10.0 Å². The van der Waals surface area contributed by atoms with E-state index in [4.69, 9.17) is 4.74 Å². The standard InChI is InChI=1S/C15H20F3NO3S/c1-11(2)22-12-6-8-13(9-7-12)23(20,21)19-10-4-3-5-14(19)15(16,17)18/h6-9,11,14H,3-5,10H2,1-2H3. The van der Waals surface area contributed by atoms with Gasteiger partial charge in [-0.25, -0.2) is 8.42 Å². The Labute approximate surface area is 134 Å². The first-order valence-corrected chi connectivity index (χ1v) is 8.91. The van der Waals surface area contributed by atoms with Gasteiger partial charge in [-0.1, -0.05) is 6.42 Å². The van der Waals surface area contributed by atoms with Crippen molar-refractivity contribution in [3.63, 3.8) is 0 Å². The molecule has 1 fully saturated rings. The van der Waals surface area contributed by atoms with Crippen LogP contribution in [0.25, 0.3) is 0 Å². The summed E-state index contributed by atoms with van der Waals surface area (Å²) in [7, 11) is -4.18. The number of nitrogens with zero attached hydrogens (tertiary/aromatic N) is 1. The lowest BCUT2D eigenvalue weighted by Gasteiger charge is -2.35. The molecule has 0 bridgehead atoms. The third-order valence-corrected chi connectivity index (χ3v) is 5.56. The number of ether oxygens (including phenoxy) is 1. The Morgan fingerprint density at radius 2 is 1.78 bits per heavy atom. The summed E-state index contributed by atoms with van der Waals surface area (Å²) >= 11 is 0. The molecule has 0 spiro atoms. The molecule has 1 aliphatic heterocycles. The van der Waals surface area contributed by atoms with Crippen molar-refractivity contribution in [2.24, 2.45) is 0 Å². The van der Waals surface area contributed by atoms with E-state index in [1.165, 1.54) is 24.3 Å². The van der Waals surface area contributed by atoms with Crippen LogP contribution in [0.4, 0.5) is 13.2 Å². The van der Waals surface area contributed by atoms with Crippen molar-refractivity contribution in [3.8, 4) is 5.75 Å². The summed E-state index contributed by atoms with van der Waals surface area (Å²) in [6.45, 7) is 3.54. The van der Waals surface area contributed by atoms with E-state index in [0.29, 0.717) is 22.9 Å². The van der Waals surface area contributed by atoms with Crippen molar-refractivity contribution in [2.45, 2.75) is 56.3 Å². The van der Waals surface area contributed by atoms with Crippen LogP contribution in [0, 0.1) is 0 Å². The van der Waals surface area contributed by atoms with Crippen LogP contribution < -0.4 is 4.74 Å². The van der Waals surface area contributed by atoms with Crippen LogP contribution in [0.3, 0.4) is 0 Å². The van der Waals surface area contributed by atoms with Gasteiger partial charge in [0, 0.05) is 6.54 Å². The van der Waals surface area contributed by atoms with Crippen molar-refractivity contribution >= 4 is 10.0 Å². The number of benzene rings is 1. The molecule has 0 aromatic heterocycles. The molecule has 2 rings (SSSR count). The lowest BCUT2D eigenvalue weighted by atomic mass is 10.0. The molecular formula is C15H20F3NO3S. The number of piperidine rings is 1. The molecule has 1 heterocycles. The Balaban J connectivity index is 2.29. The quantitative estimate of drug-likeness (QED) is 0.833. The largest absolute Gasteiger partial charge is 0.491 e. The van der Waals surface area contributed by atoms with E-state index in [9.17, 15) is 21.6 Å². The third kappa shape index (κ3) is 4.17.